The summed E-state index contributed by atoms with van der Waals surface area (Å²) in [5.41, 5.74) is 3.15. The Balaban J connectivity index is 2.11. The number of Topliss-reactive ketones (excluding diaryl/α,β-unsaturated/α-hetero) is 1. The molecule has 2 rings (SSSR count). The van der Waals surface area contributed by atoms with E-state index in [1.807, 2.05) is 0 Å². The standard InChI is InChI=1S/C12H18O/c13-12-8-7-10-5-3-1-2-4-6-11(10)9-12/h1-9H2. The summed E-state index contributed by atoms with van der Waals surface area (Å²) >= 11 is 0. The molecule has 72 valence electrons. The molecule has 1 nitrogen and oxygen atoms in total. The molecule has 2 aliphatic carbocycles. The second kappa shape index (κ2) is 4.08. The van der Waals surface area contributed by atoms with Crippen molar-refractivity contribution < 1.29 is 4.79 Å². The van der Waals surface area contributed by atoms with Crippen LogP contribution in [-0.2, 0) is 4.79 Å². The van der Waals surface area contributed by atoms with Crippen LogP contribution < -0.4 is 0 Å². The van der Waals surface area contributed by atoms with E-state index in [2.05, 4.69) is 0 Å². The van der Waals surface area contributed by atoms with Crippen molar-refractivity contribution in [2.75, 3.05) is 0 Å². The predicted molar refractivity (Wildman–Crippen MR) is 53.6 cm³/mol. The third kappa shape index (κ3) is 2.20. The number of carbonyl (C=O) groups excluding carboxylic acids is 1. The summed E-state index contributed by atoms with van der Waals surface area (Å²) in [6.45, 7) is 0. The van der Waals surface area contributed by atoms with Crippen molar-refractivity contribution in [2.24, 2.45) is 0 Å². The summed E-state index contributed by atoms with van der Waals surface area (Å²) in [5.74, 6) is 0.472. The van der Waals surface area contributed by atoms with Gasteiger partial charge in [-0.3, -0.25) is 4.79 Å². The Hall–Kier alpha value is -0.590. The van der Waals surface area contributed by atoms with Crippen LogP contribution in [0.1, 0.15) is 57.8 Å². The average molecular weight is 178 g/mol. The zero-order valence-corrected chi connectivity index (χ0v) is 8.27. The van der Waals surface area contributed by atoms with E-state index in [4.69, 9.17) is 0 Å². The first kappa shape index (κ1) is 8.98. The van der Waals surface area contributed by atoms with Crippen LogP contribution in [0.5, 0.6) is 0 Å². The van der Waals surface area contributed by atoms with Gasteiger partial charge in [-0.15, -0.1) is 0 Å². The van der Waals surface area contributed by atoms with Crippen LogP contribution >= 0.6 is 0 Å². The SMILES string of the molecule is O=C1CCC2=C(CCCCCC2)C1. The minimum atomic E-state index is 0.472. The van der Waals surface area contributed by atoms with Crippen LogP contribution in [-0.4, -0.2) is 5.78 Å². The number of rotatable bonds is 0. The molecule has 0 atom stereocenters. The van der Waals surface area contributed by atoms with Crippen molar-refractivity contribution in [1.82, 2.24) is 0 Å². The van der Waals surface area contributed by atoms with Gasteiger partial charge < -0.3 is 0 Å². The zero-order chi connectivity index (χ0) is 9.10. The molecule has 0 heterocycles. The molecule has 0 fully saturated rings. The van der Waals surface area contributed by atoms with Gasteiger partial charge in [-0.1, -0.05) is 24.0 Å². The summed E-state index contributed by atoms with van der Waals surface area (Å²) in [7, 11) is 0. The fourth-order valence-electron chi connectivity index (χ4n) is 2.52. The van der Waals surface area contributed by atoms with E-state index in [1.165, 1.54) is 44.1 Å². The Morgan fingerprint density at radius 3 is 2.15 bits per heavy atom. The molecule has 0 radical (unpaired) electrons. The maximum absolute atomic E-state index is 11.3. The second-order valence-corrected chi connectivity index (χ2v) is 4.34. The Morgan fingerprint density at radius 1 is 0.692 bits per heavy atom. The molecule has 0 amide bonds. The molecule has 0 N–H and O–H groups in total. The Kier molecular flexibility index (Phi) is 2.82. The van der Waals surface area contributed by atoms with Gasteiger partial charge in [-0.25, -0.2) is 0 Å². The molecule has 0 unspecified atom stereocenters. The van der Waals surface area contributed by atoms with Crippen molar-refractivity contribution in [3.8, 4) is 0 Å². The summed E-state index contributed by atoms with van der Waals surface area (Å²) in [4.78, 5) is 11.3. The van der Waals surface area contributed by atoms with Crippen molar-refractivity contribution in [3.05, 3.63) is 11.1 Å². The van der Waals surface area contributed by atoms with Gasteiger partial charge in [0.15, 0.2) is 0 Å². The second-order valence-electron chi connectivity index (χ2n) is 4.34. The van der Waals surface area contributed by atoms with E-state index in [-0.39, 0.29) is 0 Å². The number of carbonyl (C=O) groups is 1. The Morgan fingerprint density at radius 2 is 1.38 bits per heavy atom. The first-order chi connectivity index (χ1) is 6.36. The first-order valence-corrected chi connectivity index (χ1v) is 5.58. The summed E-state index contributed by atoms with van der Waals surface area (Å²) < 4.78 is 0. The van der Waals surface area contributed by atoms with E-state index in [0.29, 0.717) is 5.78 Å². The van der Waals surface area contributed by atoms with Crippen LogP contribution in [0.3, 0.4) is 0 Å². The van der Waals surface area contributed by atoms with Crippen LogP contribution in [0.25, 0.3) is 0 Å². The zero-order valence-electron chi connectivity index (χ0n) is 8.27. The predicted octanol–water partition coefficient (Wildman–Crippen LogP) is 3.39. The van der Waals surface area contributed by atoms with Gasteiger partial charge in [-0.2, -0.15) is 0 Å². The first-order valence-electron chi connectivity index (χ1n) is 5.58. The third-order valence-corrected chi connectivity index (χ3v) is 3.32. The monoisotopic (exact) mass is 178 g/mol. The highest BCUT2D eigenvalue weighted by Crippen LogP contribution is 2.32. The molecule has 0 aromatic carbocycles. The van der Waals surface area contributed by atoms with Gasteiger partial charge in [-0.05, 0) is 32.1 Å². The van der Waals surface area contributed by atoms with Crippen molar-refractivity contribution in [3.63, 3.8) is 0 Å². The minimum Gasteiger partial charge on any atom is -0.299 e. The van der Waals surface area contributed by atoms with Crippen LogP contribution in [0.2, 0.25) is 0 Å². The lowest BCUT2D eigenvalue weighted by molar-refractivity contribution is -0.118. The smallest absolute Gasteiger partial charge is 0.137 e. The summed E-state index contributed by atoms with van der Waals surface area (Å²) in [5, 5.41) is 0. The van der Waals surface area contributed by atoms with Gasteiger partial charge in [0.05, 0.1) is 0 Å². The minimum absolute atomic E-state index is 0.472. The molecule has 13 heavy (non-hydrogen) atoms. The van der Waals surface area contributed by atoms with Crippen LogP contribution in [0.4, 0.5) is 0 Å². The Bertz CT molecular complexity index is 238. The summed E-state index contributed by atoms with van der Waals surface area (Å²) in [6.07, 6.45) is 10.6. The van der Waals surface area contributed by atoms with Gasteiger partial charge in [0.1, 0.15) is 5.78 Å². The lowest BCUT2D eigenvalue weighted by Gasteiger charge is -2.22. The molecule has 0 saturated heterocycles. The molecular weight excluding hydrogens is 160 g/mol. The molecule has 0 bridgehead atoms. The highest BCUT2D eigenvalue weighted by molar-refractivity contribution is 5.82. The van der Waals surface area contributed by atoms with E-state index in [9.17, 15) is 4.79 Å². The molecule has 0 aliphatic heterocycles. The largest absolute Gasteiger partial charge is 0.299 e. The molecule has 0 aromatic rings. The van der Waals surface area contributed by atoms with Gasteiger partial charge >= 0.3 is 0 Å². The molecule has 2 aliphatic rings. The Labute approximate surface area is 80.2 Å². The van der Waals surface area contributed by atoms with Crippen LogP contribution in [0, 0.1) is 0 Å². The highest BCUT2D eigenvalue weighted by atomic mass is 16.1. The maximum atomic E-state index is 11.3. The lowest BCUT2D eigenvalue weighted by Crippen LogP contribution is -2.11. The van der Waals surface area contributed by atoms with E-state index in [0.717, 1.165) is 19.3 Å². The highest BCUT2D eigenvalue weighted by Gasteiger charge is 2.18. The van der Waals surface area contributed by atoms with Crippen molar-refractivity contribution in [1.29, 1.82) is 0 Å². The number of allylic oxidation sites excluding steroid dienone is 2. The van der Waals surface area contributed by atoms with Crippen molar-refractivity contribution >= 4 is 5.78 Å². The molecular formula is C12H18O. The molecule has 0 aromatic heterocycles. The lowest BCUT2D eigenvalue weighted by atomic mass is 9.83. The van der Waals surface area contributed by atoms with Crippen molar-refractivity contribution in [2.45, 2.75) is 57.8 Å². The molecule has 0 saturated carbocycles. The number of hydrogen-bond donors (Lipinski definition) is 0. The van der Waals surface area contributed by atoms with E-state index >= 15 is 0 Å². The van der Waals surface area contributed by atoms with Gasteiger partial charge in [0.25, 0.3) is 0 Å². The molecule has 0 spiro atoms. The normalized spacial score (nSPS) is 25.1. The topological polar surface area (TPSA) is 17.1 Å². The third-order valence-electron chi connectivity index (χ3n) is 3.32. The fraction of sp³-hybridized carbons (Fsp3) is 0.750. The number of ketones is 1. The van der Waals surface area contributed by atoms with Crippen LogP contribution in [0.15, 0.2) is 11.1 Å². The van der Waals surface area contributed by atoms with E-state index in [1.54, 1.807) is 5.57 Å². The van der Waals surface area contributed by atoms with Gasteiger partial charge in [0, 0.05) is 12.8 Å². The number of hydrogen-bond acceptors (Lipinski definition) is 1. The molecule has 1 heteroatoms. The summed E-state index contributed by atoms with van der Waals surface area (Å²) in [6, 6.07) is 0. The van der Waals surface area contributed by atoms with Gasteiger partial charge in [0.2, 0.25) is 0 Å². The maximum Gasteiger partial charge on any atom is 0.137 e. The average Bonchev–Trinajstić information content (AvgIpc) is 2.08. The van der Waals surface area contributed by atoms with E-state index < -0.39 is 0 Å². The fourth-order valence-corrected chi connectivity index (χ4v) is 2.52. The quantitative estimate of drug-likeness (QED) is 0.520.